The SMILES string of the molecule is CCCOc1cccc(C(=O)NCCN)c1. The van der Waals surface area contributed by atoms with E-state index >= 15 is 0 Å². The van der Waals surface area contributed by atoms with Gasteiger partial charge in [-0.1, -0.05) is 13.0 Å². The van der Waals surface area contributed by atoms with Crippen LogP contribution < -0.4 is 15.8 Å². The molecule has 16 heavy (non-hydrogen) atoms. The smallest absolute Gasteiger partial charge is 0.251 e. The molecule has 1 rings (SSSR count). The molecule has 1 amide bonds. The Kier molecular flexibility index (Phi) is 5.36. The third-order valence-electron chi connectivity index (χ3n) is 2.00. The second-order valence-electron chi connectivity index (χ2n) is 3.42. The van der Waals surface area contributed by atoms with Crippen LogP contribution in [0.4, 0.5) is 0 Å². The second kappa shape index (κ2) is 6.85. The van der Waals surface area contributed by atoms with Crippen molar-refractivity contribution in [3.05, 3.63) is 29.8 Å². The molecule has 1 aromatic rings. The molecule has 0 unspecified atom stereocenters. The first-order chi connectivity index (χ1) is 7.77. The molecule has 0 bridgehead atoms. The van der Waals surface area contributed by atoms with Crippen molar-refractivity contribution >= 4 is 5.91 Å². The minimum absolute atomic E-state index is 0.118. The number of carbonyl (C=O) groups is 1. The van der Waals surface area contributed by atoms with E-state index in [2.05, 4.69) is 5.32 Å². The third kappa shape index (κ3) is 3.90. The number of carbonyl (C=O) groups excluding carboxylic acids is 1. The molecule has 4 nitrogen and oxygen atoms in total. The third-order valence-corrected chi connectivity index (χ3v) is 2.00. The van der Waals surface area contributed by atoms with Crippen molar-refractivity contribution in [2.75, 3.05) is 19.7 Å². The molecule has 0 aromatic heterocycles. The Bertz CT molecular complexity index is 340. The van der Waals surface area contributed by atoms with Gasteiger partial charge in [0.1, 0.15) is 5.75 Å². The summed E-state index contributed by atoms with van der Waals surface area (Å²) in [6.45, 7) is 3.63. The fourth-order valence-electron chi connectivity index (χ4n) is 1.23. The first-order valence-corrected chi connectivity index (χ1v) is 5.49. The lowest BCUT2D eigenvalue weighted by atomic mass is 10.2. The van der Waals surface area contributed by atoms with Crippen molar-refractivity contribution in [3.63, 3.8) is 0 Å². The average molecular weight is 222 g/mol. The zero-order valence-corrected chi connectivity index (χ0v) is 9.53. The van der Waals surface area contributed by atoms with E-state index in [9.17, 15) is 4.79 Å². The minimum Gasteiger partial charge on any atom is -0.494 e. The number of nitrogens with one attached hydrogen (secondary N) is 1. The summed E-state index contributed by atoms with van der Waals surface area (Å²) in [4.78, 5) is 11.6. The lowest BCUT2D eigenvalue weighted by Gasteiger charge is -2.07. The van der Waals surface area contributed by atoms with Gasteiger partial charge in [-0.2, -0.15) is 0 Å². The van der Waals surface area contributed by atoms with Crippen molar-refractivity contribution in [2.24, 2.45) is 5.73 Å². The van der Waals surface area contributed by atoms with Gasteiger partial charge >= 0.3 is 0 Å². The monoisotopic (exact) mass is 222 g/mol. The van der Waals surface area contributed by atoms with Gasteiger partial charge in [0.15, 0.2) is 0 Å². The van der Waals surface area contributed by atoms with Crippen LogP contribution >= 0.6 is 0 Å². The van der Waals surface area contributed by atoms with Crippen molar-refractivity contribution in [1.82, 2.24) is 5.32 Å². The van der Waals surface area contributed by atoms with Gasteiger partial charge in [0.25, 0.3) is 5.91 Å². The van der Waals surface area contributed by atoms with Gasteiger partial charge in [-0.3, -0.25) is 4.79 Å². The Labute approximate surface area is 95.8 Å². The largest absolute Gasteiger partial charge is 0.494 e. The molecule has 88 valence electrons. The molecule has 0 fully saturated rings. The van der Waals surface area contributed by atoms with Crippen molar-refractivity contribution in [2.45, 2.75) is 13.3 Å². The van der Waals surface area contributed by atoms with E-state index < -0.39 is 0 Å². The molecule has 0 saturated carbocycles. The van der Waals surface area contributed by atoms with Crippen LogP contribution in [0.2, 0.25) is 0 Å². The van der Waals surface area contributed by atoms with Crippen LogP contribution in [0, 0.1) is 0 Å². The van der Waals surface area contributed by atoms with Gasteiger partial charge in [0.2, 0.25) is 0 Å². The number of amides is 1. The number of rotatable bonds is 6. The maximum absolute atomic E-state index is 11.6. The zero-order chi connectivity index (χ0) is 11.8. The fourth-order valence-corrected chi connectivity index (χ4v) is 1.23. The highest BCUT2D eigenvalue weighted by Gasteiger charge is 2.05. The van der Waals surface area contributed by atoms with E-state index in [1.165, 1.54) is 0 Å². The van der Waals surface area contributed by atoms with E-state index in [0.717, 1.165) is 12.2 Å². The van der Waals surface area contributed by atoms with Crippen LogP contribution in [0.5, 0.6) is 5.75 Å². The summed E-state index contributed by atoms with van der Waals surface area (Å²) < 4.78 is 5.45. The summed E-state index contributed by atoms with van der Waals surface area (Å²) in [5.74, 6) is 0.606. The second-order valence-corrected chi connectivity index (χ2v) is 3.42. The van der Waals surface area contributed by atoms with Crippen LogP contribution in [0.25, 0.3) is 0 Å². The normalized spacial score (nSPS) is 9.88. The molecule has 0 aliphatic carbocycles. The minimum atomic E-state index is -0.118. The molecule has 0 atom stereocenters. The molecule has 0 aliphatic rings. The summed E-state index contributed by atoms with van der Waals surface area (Å²) in [5.41, 5.74) is 5.91. The standard InChI is InChI=1S/C12H18N2O2/c1-2-8-16-11-5-3-4-10(9-11)12(15)14-7-6-13/h3-5,9H,2,6-8,13H2,1H3,(H,14,15). The van der Waals surface area contributed by atoms with Crippen molar-refractivity contribution < 1.29 is 9.53 Å². The number of nitrogens with two attached hydrogens (primary N) is 1. The Morgan fingerprint density at radius 2 is 2.31 bits per heavy atom. The Morgan fingerprint density at radius 3 is 3.00 bits per heavy atom. The van der Waals surface area contributed by atoms with E-state index in [-0.39, 0.29) is 5.91 Å². The summed E-state index contributed by atoms with van der Waals surface area (Å²) in [5, 5.41) is 2.71. The van der Waals surface area contributed by atoms with Crippen LogP contribution in [0.3, 0.4) is 0 Å². The number of benzene rings is 1. The number of ether oxygens (including phenoxy) is 1. The van der Waals surface area contributed by atoms with E-state index in [1.807, 2.05) is 19.1 Å². The highest BCUT2D eigenvalue weighted by atomic mass is 16.5. The molecule has 0 saturated heterocycles. The molecule has 0 aliphatic heterocycles. The first kappa shape index (κ1) is 12.5. The Hall–Kier alpha value is -1.55. The number of hydrogen-bond acceptors (Lipinski definition) is 3. The fraction of sp³-hybridized carbons (Fsp3) is 0.417. The van der Waals surface area contributed by atoms with E-state index in [0.29, 0.717) is 25.3 Å². The van der Waals surface area contributed by atoms with Crippen LogP contribution in [-0.2, 0) is 0 Å². The van der Waals surface area contributed by atoms with Crippen LogP contribution in [0.15, 0.2) is 24.3 Å². The molecule has 1 aromatic carbocycles. The zero-order valence-electron chi connectivity index (χ0n) is 9.53. The van der Waals surface area contributed by atoms with Gasteiger partial charge in [-0.05, 0) is 24.6 Å². The van der Waals surface area contributed by atoms with Crippen LogP contribution in [0.1, 0.15) is 23.7 Å². The summed E-state index contributed by atoms with van der Waals surface area (Å²) in [6.07, 6.45) is 0.948. The predicted molar refractivity (Wildman–Crippen MR) is 63.6 cm³/mol. The maximum Gasteiger partial charge on any atom is 0.251 e. The lowest BCUT2D eigenvalue weighted by Crippen LogP contribution is -2.28. The summed E-state index contributed by atoms with van der Waals surface area (Å²) in [7, 11) is 0. The van der Waals surface area contributed by atoms with Gasteiger partial charge in [-0.15, -0.1) is 0 Å². The van der Waals surface area contributed by atoms with Crippen molar-refractivity contribution in [3.8, 4) is 5.75 Å². The van der Waals surface area contributed by atoms with E-state index in [1.54, 1.807) is 12.1 Å². The number of hydrogen-bond donors (Lipinski definition) is 2. The van der Waals surface area contributed by atoms with Gasteiger partial charge < -0.3 is 15.8 Å². The molecular formula is C12H18N2O2. The highest BCUT2D eigenvalue weighted by molar-refractivity contribution is 5.94. The highest BCUT2D eigenvalue weighted by Crippen LogP contribution is 2.13. The topological polar surface area (TPSA) is 64.3 Å². The average Bonchev–Trinajstić information content (AvgIpc) is 2.33. The maximum atomic E-state index is 11.6. The molecule has 0 spiro atoms. The molecular weight excluding hydrogens is 204 g/mol. The Morgan fingerprint density at radius 1 is 1.50 bits per heavy atom. The predicted octanol–water partition coefficient (Wildman–Crippen LogP) is 1.16. The van der Waals surface area contributed by atoms with Gasteiger partial charge in [-0.25, -0.2) is 0 Å². The molecule has 4 heteroatoms. The lowest BCUT2D eigenvalue weighted by molar-refractivity contribution is 0.0954. The van der Waals surface area contributed by atoms with Crippen molar-refractivity contribution in [1.29, 1.82) is 0 Å². The molecule has 3 N–H and O–H groups in total. The van der Waals surface area contributed by atoms with Gasteiger partial charge in [0.05, 0.1) is 6.61 Å². The summed E-state index contributed by atoms with van der Waals surface area (Å²) in [6, 6.07) is 7.14. The quantitative estimate of drug-likeness (QED) is 0.759. The Balaban J connectivity index is 2.62. The first-order valence-electron chi connectivity index (χ1n) is 5.49. The molecule has 0 heterocycles. The molecule has 0 radical (unpaired) electrons. The van der Waals surface area contributed by atoms with E-state index in [4.69, 9.17) is 10.5 Å². The van der Waals surface area contributed by atoms with Gasteiger partial charge in [0, 0.05) is 18.7 Å². The van der Waals surface area contributed by atoms with Crippen LogP contribution in [-0.4, -0.2) is 25.6 Å². The summed E-state index contributed by atoms with van der Waals surface area (Å²) >= 11 is 0.